The Balaban J connectivity index is 1.41. The Labute approximate surface area is 145 Å². The maximum absolute atomic E-state index is 12.3. The van der Waals surface area contributed by atoms with Crippen molar-refractivity contribution >= 4 is 6.03 Å². The summed E-state index contributed by atoms with van der Waals surface area (Å²) in [6.07, 6.45) is 8.50. The summed E-state index contributed by atoms with van der Waals surface area (Å²) in [5.74, 6) is 0.597. The summed E-state index contributed by atoms with van der Waals surface area (Å²) in [6, 6.07) is 4.76. The number of amides is 2. The summed E-state index contributed by atoms with van der Waals surface area (Å²) < 4.78 is 0. The first-order valence-electron chi connectivity index (χ1n) is 9.27. The van der Waals surface area contributed by atoms with Gasteiger partial charge in [0.05, 0.1) is 12.2 Å². The molecular formula is C19H30N4O. The van der Waals surface area contributed by atoms with Gasteiger partial charge in [0.25, 0.3) is 0 Å². The summed E-state index contributed by atoms with van der Waals surface area (Å²) >= 11 is 0. The van der Waals surface area contributed by atoms with Crippen LogP contribution in [0.4, 0.5) is 4.79 Å². The lowest BCUT2D eigenvalue weighted by molar-refractivity contribution is 0.202. The van der Waals surface area contributed by atoms with Gasteiger partial charge in [-0.1, -0.05) is 18.9 Å². The second-order valence-corrected chi connectivity index (χ2v) is 7.40. The summed E-state index contributed by atoms with van der Waals surface area (Å²) in [4.78, 5) is 21.1. The summed E-state index contributed by atoms with van der Waals surface area (Å²) in [6.45, 7) is 5.72. The largest absolute Gasteiger partial charge is 0.338 e. The van der Waals surface area contributed by atoms with Crippen LogP contribution in [0.3, 0.4) is 0 Å². The number of rotatable bonds is 5. The molecule has 3 rings (SSSR count). The topological polar surface area (TPSA) is 48.5 Å². The van der Waals surface area contributed by atoms with E-state index >= 15 is 0 Å². The number of urea groups is 1. The van der Waals surface area contributed by atoms with Gasteiger partial charge in [0.2, 0.25) is 0 Å². The highest BCUT2D eigenvalue weighted by atomic mass is 16.2. The van der Waals surface area contributed by atoms with Crippen LogP contribution in [0, 0.1) is 12.8 Å². The third-order valence-electron chi connectivity index (χ3n) is 5.55. The van der Waals surface area contributed by atoms with Gasteiger partial charge < -0.3 is 15.1 Å². The molecule has 24 heavy (non-hydrogen) atoms. The Morgan fingerprint density at radius 3 is 2.92 bits per heavy atom. The first-order valence-corrected chi connectivity index (χ1v) is 9.27. The van der Waals surface area contributed by atoms with Gasteiger partial charge in [0, 0.05) is 32.4 Å². The fourth-order valence-corrected chi connectivity index (χ4v) is 3.98. The van der Waals surface area contributed by atoms with E-state index < -0.39 is 0 Å². The number of pyridine rings is 1. The van der Waals surface area contributed by atoms with Gasteiger partial charge >= 0.3 is 6.03 Å². The maximum Gasteiger partial charge on any atom is 0.317 e. The minimum atomic E-state index is -0.000584. The van der Waals surface area contributed by atoms with Gasteiger partial charge in [-0.3, -0.25) is 4.98 Å². The molecule has 5 nitrogen and oxygen atoms in total. The zero-order chi connectivity index (χ0) is 16.9. The van der Waals surface area contributed by atoms with Crippen LogP contribution in [0.25, 0.3) is 0 Å². The van der Waals surface area contributed by atoms with Crippen molar-refractivity contribution in [3.05, 3.63) is 29.6 Å². The molecule has 0 bridgehead atoms. The van der Waals surface area contributed by atoms with E-state index in [9.17, 15) is 4.79 Å². The Morgan fingerprint density at radius 2 is 2.17 bits per heavy atom. The first-order chi connectivity index (χ1) is 11.6. The fraction of sp³-hybridized carbons (Fsp3) is 0.684. The monoisotopic (exact) mass is 330 g/mol. The van der Waals surface area contributed by atoms with Gasteiger partial charge in [0.1, 0.15) is 0 Å². The minimum Gasteiger partial charge on any atom is -0.338 e. The van der Waals surface area contributed by atoms with Crippen LogP contribution < -0.4 is 5.32 Å². The van der Waals surface area contributed by atoms with Gasteiger partial charge in [0.15, 0.2) is 0 Å². The Kier molecular flexibility index (Phi) is 5.72. The van der Waals surface area contributed by atoms with Gasteiger partial charge in [-0.2, -0.15) is 0 Å². The van der Waals surface area contributed by atoms with E-state index in [4.69, 9.17) is 0 Å². The average Bonchev–Trinajstić information content (AvgIpc) is 3.25. The molecule has 1 N–H and O–H groups in total. The van der Waals surface area contributed by atoms with Crippen molar-refractivity contribution < 1.29 is 4.79 Å². The third-order valence-corrected chi connectivity index (χ3v) is 5.55. The van der Waals surface area contributed by atoms with Crippen LogP contribution in [0.2, 0.25) is 0 Å². The van der Waals surface area contributed by atoms with E-state index in [-0.39, 0.29) is 6.03 Å². The van der Waals surface area contributed by atoms with E-state index in [0.29, 0.717) is 12.5 Å². The molecule has 1 atom stereocenters. The van der Waals surface area contributed by atoms with Crippen molar-refractivity contribution in [1.29, 1.82) is 0 Å². The molecule has 5 heteroatoms. The van der Waals surface area contributed by atoms with Crippen molar-refractivity contribution in [2.75, 3.05) is 26.7 Å². The molecule has 0 aromatic carbocycles. The molecule has 1 aliphatic heterocycles. The number of nitrogens with zero attached hydrogens (tertiary/aromatic N) is 3. The quantitative estimate of drug-likeness (QED) is 0.903. The molecule has 1 saturated heterocycles. The van der Waals surface area contributed by atoms with Crippen LogP contribution in [0.5, 0.6) is 0 Å². The second kappa shape index (κ2) is 7.97. The molecule has 2 amide bonds. The Bertz CT molecular complexity index is 556. The number of nitrogens with one attached hydrogen (secondary N) is 1. The van der Waals surface area contributed by atoms with E-state index in [0.717, 1.165) is 30.4 Å². The van der Waals surface area contributed by atoms with E-state index in [1.54, 1.807) is 11.1 Å². The van der Waals surface area contributed by atoms with Crippen LogP contribution in [0.15, 0.2) is 18.3 Å². The molecule has 2 heterocycles. The molecule has 1 aromatic heterocycles. The molecule has 0 radical (unpaired) electrons. The van der Waals surface area contributed by atoms with Crippen LogP contribution in [-0.2, 0) is 6.54 Å². The smallest absolute Gasteiger partial charge is 0.317 e. The third kappa shape index (κ3) is 4.26. The molecule has 1 saturated carbocycles. The number of hydrogen-bond acceptors (Lipinski definition) is 3. The number of carbonyl (C=O) groups excluding carboxylic acids is 1. The highest BCUT2D eigenvalue weighted by Gasteiger charge is 2.30. The Morgan fingerprint density at radius 1 is 1.38 bits per heavy atom. The lowest BCUT2D eigenvalue weighted by Gasteiger charge is -2.24. The van der Waals surface area contributed by atoms with Gasteiger partial charge in [-0.15, -0.1) is 0 Å². The standard InChI is InChI=1S/C19H30N4O/c1-15-6-5-10-20-18(15)14-22(2)19(24)21-12-16-9-11-23(13-16)17-7-3-4-8-17/h5-6,10,16-17H,3-4,7-9,11-14H2,1-2H3,(H,21,24)/t16-/m1/s1. The zero-order valence-electron chi connectivity index (χ0n) is 15.0. The fourth-order valence-electron chi connectivity index (χ4n) is 3.98. The van der Waals surface area contributed by atoms with Crippen LogP contribution in [-0.4, -0.2) is 53.5 Å². The second-order valence-electron chi connectivity index (χ2n) is 7.40. The van der Waals surface area contributed by atoms with Crippen molar-refractivity contribution in [3.63, 3.8) is 0 Å². The maximum atomic E-state index is 12.3. The lowest BCUT2D eigenvalue weighted by atomic mass is 10.1. The average molecular weight is 330 g/mol. The number of carbonyl (C=O) groups is 1. The number of aryl methyl sites for hydroxylation is 1. The molecular weight excluding hydrogens is 300 g/mol. The molecule has 0 spiro atoms. The molecule has 132 valence electrons. The van der Waals surface area contributed by atoms with Gasteiger partial charge in [-0.05, 0) is 50.3 Å². The number of aromatic nitrogens is 1. The normalized spacial score (nSPS) is 22.0. The first kappa shape index (κ1) is 17.2. The summed E-state index contributed by atoms with van der Waals surface area (Å²) in [5.41, 5.74) is 2.09. The molecule has 1 aromatic rings. The molecule has 2 fully saturated rings. The number of hydrogen-bond donors (Lipinski definition) is 1. The molecule has 0 unspecified atom stereocenters. The van der Waals surface area contributed by atoms with E-state index in [1.807, 2.05) is 26.1 Å². The SMILES string of the molecule is Cc1cccnc1CN(C)C(=O)NC[C@H]1CCN(C2CCCC2)C1. The molecule has 2 aliphatic rings. The summed E-state index contributed by atoms with van der Waals surface area (Å²) in [5, 5.41) is 3.11. The van der Waals surface area contributed by atoms with Gasteiger partial charge in [-0.25, -0.2) is 4.79 Å². The molecule has 1 aliphatic carbocycles. The lowest BCUT2D eigenvalue weighted by Crippen LogP contribution is -2.40. The highest BCUT2D eigenvalue weighted by molar-refractivity contribution is 5.73. The predicted molar refractivity (Wildman–Crippen MR) is 95.8 cm³/mol. The van der Waals surface area contributed by atoms with Crippen molar-refractivity contribution in [3.8, 4) is 0 Å². The van der Waals surface area contributed by atoms with Crippen molar-refractivity contribution in [2.24, 2.45) is 5.92 Å². The highest BCUT2D eigenvalue weighted by Crippen LogP contribution is 2.28. The minimum absolute atomic E-state index is 0.000584. The van der Waals surface area contributed by atoms with E-state index in [2.05, 4.69) is 15.2 Å². The van der Waals surface area contributed by atoms with E-state index in [1.165, 1.54) is 38.6 Å². The zero-order valence-corrected chi connectivity index (χ0v) is 15.0. The summed E-state index contributed by atoms with van der Waals surface area (Å²) in [7, 11) is 1.84. The van der Waals surface area contributed by atoms with Crippen molar-refractivity contribution in [2.45, 2.75) is 51.6 Å². The van der Waals surface area contributed by atoms with Crippen LogP contribution >= 0.6 is 0 Å². The van der Waals surface area contributed by atoms with Crippen molar-refractivity contribution in [1.82, 2.24) is 20.1 Å². The number of likely N-dealkylation sites (tertiary alicyclic amines) is 1. The van der Waals surface area contributed by atoms with Crippen LogP contribution in [0.1, 0.15) is 43.4 Å². The Hall–Kier alpha value is -1.62. The predicted octanol–water partition coefficient (Wildman–Crippen LogP) is 2.80.